The van der Waals surface area contributed by atoms with Crippen LogP contribution in [0.2, 0.25) is 0 Å². The Bertz CT molecular complexity index is 462. The van der Waals surface area contributed by atoms with Crippen LogP contribution in [0.25, 0.3) is 0 Å². The van der Waals surface area contributed by atoms with E-state index in [2.05, 4.69) is 0 Å². The number of hydrogen-bond donors (Lipinski definition) is 0. The largest absolute Gasteiger partial charge is 0.472 e. The molecule has 0 aliphatic rings. The van der Waals surface area contributed by atoms with Gasteiger partial charge in [-0.1, -0.05) is 30.3 Å². The number of benzene rings is 1. The molecule has 1 heterocycles. The highest BCUT2D eigenvalue weighted by atomic mass is 16.3. The Morgan fingerprint density at radius 2 is 2.00 bits per heavy atom. The summed E-state index contributed by atoms with van der Waals surface area (Å²) >= 11 is 0. The van der Waals surface area contributed by atoms with E-state index in [0.29, 0.717) is 6.54 Å². The molecule has 0 saturated carbocycles. The van der Waals surface area contributed by atoms with E-state index < -0.39 is 0 Å². The fourth-order valence-electron chi connectivity index (χ4n) is 1.71. The highest BCUT2D eigenvalue weighted by Crippen LogP contribution is 2.06. The van der Waals surface area contributed by atoms with E-state index in [-0.39, 0.29) is 5.78 Å². The lowest BCUT2D eigenvalue weighted by molar-refractivity contribution is 0.0943. The molecule has 0 amide bonds. The van der Waals surface area contributed by atoms with Gasteiger partial charge in [0.2, 0.25) is 0 Å². The number of furan rings is 1. The van der Waals surface area contributed by atoms with Crippen LogP contribution in [-0.4, -0.2) is 24.3 Å². The van der Waals surface area contributed by atoms with Crippen LogP contribution in [0.3, 0.4) is 0 Å². The van der Waals surface area contributed by atoms with E-state index in [1.165, 1.54) is 0 Å². The Balaban J connectivity index is 1.91. The minimum absolute atomic E-state index is 0.136. The second kappa shape index (κ2) is 5.46. The number of likely N-dealkylation sites (N-methyl/N-ethyl adjacent to an activating group) is 1. The molecule has 1 aromatic carbocycles. The van der Waals surface area contributed by atoms with Gasteiger partial charge in [0.05, 0.1) is 19.1 Å². The number of rotatable bonds is 5. The summed E-state index contributed by atoms with van der Waals surface area (Å²) in [7, 11) is 1.92. The van der Waals surface area contributed by atoms with Crippen molar-refractivity contribution in [3.05, 3.63) is 60.1 Å². The molecule has 0 aliphatic carbocycles. The molecule has 0 saturated heterocycles. The van der Waals surface area contributed by atoms with Crippen molar-refractivity contribution < 1.29 is 9.21 Å². The molecular formula is C14H15NO2. The summed E-state index contributed by atoms with van der Waals surface area (Å²) < 4.78 is 4.99. The minimum Gasteiger partial charge on any atom is -0.472 e. The molecule has 3 heteroatoms. The average Bonchev–Trinajstić information content (AvgIpc) is 2.82. The van der Waals surface area contributed by atoms with Crippen molar-refractivity contribution in [3.8, 4) is 0 Å². The van der Waals surface area contributed by atoms with Gasteiger partial charge in [-0.2, -0.15) is 0 Å². The monoisotopic (exact) mass is 229 g/mol. The normalized spacial score (nSPS) is 10.7. The van der Waals surface area contributed by atoms with Crippen molar-refractivity contribution in [2.45, 2.75) is 6.54 Å². The van der Waals surface area contributed by atoms with Gasteiger partial charge in [0.25, 0.3) is 0 Å². The summed E-state index contributed by atoms with van der Waals surface area (Å²) in [6, 6.07) is 11.3. The molecule has 0 bridgehead atoms. The summed E-state index contributed by atoms with van der Waals surface area (Å²) in [5.41, 5.74) is 1.83. The number of carbonyl (C=O) groups excluding carboxylic acids is 1. The zero-order valence-corrected chi connectivity index (χ0v) is 9.80. The average molecular weight is 229 g/mol. The standard InChI is InChI=1S/C14H15NO2/c1-15(9-12-7-8-17-11-12)10-14(16)13-5-3-2-4-6-13/h2-8,11H,9-10H2,1H3. The number of nitrogens with zero attached hydrogens (tertiary/aromatic N) is 1. The molecule has 0 fully saturated rings. The zero-order chi connectivity index (χ0) is 12.1. The lowest BCUT2D eigenvalue weighted by Gasteiger charge is -2.14. The number of carbonyl (C=O) groups is 1. The van der Waals surface area contributed by atoms with E-state index in [0.717, 1.165) is 17.7 Å². The molecule has 3 nitrogen and oxygen atoms in total. The molecular weight excluding hydrogens is 214 g/mol. The first kappa shape index (κ1) is 11.6. The molecule has 2 rings (SSSR count). The SMILES string of the molecule is CN(CC(=O)c1ccccc1)Cc1ccoc1. The minimum atomic E-state index is 0.136. The lowest BCUT2D eigenvalue weighted by Crippen LogP contribution is -2.25. The molecule has 88 valence electrons. The van der Waals surface area contributed by atoms with E-state index in [1.54, 1.807) is 12.5 Å². The predicted molar refractivity (Wildman–Crippen MR) is 65.8 cm³/mol. The van der Waals surface area contributed by atoms with Gasteiger partial charge in [-0.3, -0.25) is 9.69 Å². The number of ketones is 1. The molecule has 2 aromatic rings. The van der Waals surface area contributed by atoms with Gasteiger partial charge in [0.1, 0.15) is 0 Å². The Kier molecular flexibility index (Phi) is 3.73. The summed E-state index contributed by atoms with van der Waals surface area (Å²) in [5, 5.41) is 0. The smallest absolute Gasteiger partial charge is 0.176 e. The van der Waals surface area contributed by atoms with Crippen LogP contribution >= 0.6 is 0 Å². The van der Waals surface area contributed by atoms with Crippen molar-refractivity contribution >= 4 is 5.78 Å². The van der Waals surface area contributed by atoms with Crippen LogP contribution in [0.4, 0.5) is 0 Å². The third-order valence-corrected chi connectivity index (χ3v) is 2.54. The molecule has 1 aromatic heterocycles. The van der Waals surface area contributed by atoms with Gasteiger partial charge in [-0.25, -0.2) is 0 Å². The van der Waals surface area contributed by atoms with Gasteiger partial charge in [-0.05, 0) is 13.1 Å². The van der Waals surface area contributed by atoms with E-state index >= 15 is 0 Å². The maximum Gasteiger partial charge on any atom is 0.176 e. The molecule has 0 unspecified atom stereocenters. The Labute approximate surface area is 101 Å². The van der Waals surface area contributed by atoms with E-state index in [1.807, 2.05) is 48.3 Å². The van der Waals surface area contributed by atoms with Crippen molar-refractivity contribution in [3.63, 3.8) is 0 Å². The maximum absolute atomic E-state index is 11.9. The molecule has 0 radical (unpaired) electrons. The number of hydrogen-bond acceptors (Lipinski definition) is 3. The van der Waals surface area contributed by atoms with E-state index in [9.17, 15) is 4.79 Å². The van der Waals surface area contributed by atoms with Gasteiger partial charge in [0, 0.05) is 17.7 Å². The maximum atomic E-state index is 11.9. The van der Waals surface area contributed by atoms with Crippen LogP contribution < -0.4 is 0 Å². The summed E-state index contributed by atoms with van der Waals surface area (Å²) in [6.07, 6.45) is 3.34. The quantitative estimate of drug-likeness (QED) is 0.739. The van der Waals surface area contributed by atoms with Crippen molar-refractivity contribution in [2.75, 3.05) is 13.6 Å². The molecule has 0 aliphatic heterocycles. The highest BCUT2D eigenvalue weighted by molar-refractivity contribution is 5.97. The second-order valence-electron chi connectivity index (χ2n) is 4.09. The molecule has 0 atom stereocenters. The first-order valence-corrected chi connectivity index (χ1v) is 5.53. The van der Waals surface area contributed by atoms with Crippen LogP contribution in [0, 0.1) is 0 Å². The topological polar surface area (TPSA) is 33.5 Å². The van der Waals surface area contributed by atoms with Gasteiger partial charge >= 0.3 is 0 Å². The molecule has 17 heavy (non-hydrogen) atoms. The number of Topliss-reactive ketones (excluding diaryl/α,β-unsaturated/α-hetero) is 1. The van der Waals surface area contributed by atoms with Crippen molar-refractivity contribution in [2.24, 2.45) is 0 Å². The first-order valence-electron chi connectivity index (χ1n) is 5.53. The van der Waals surface area contributed by atoms with Crippen LogP contribution in [0.5, 0.6) is 0 Å². The fraction of sp³-hybridized carbons (Fsp3) is 0.214. The summed E-state index contributed by atoms with van der Waals surface area (Å²) in [5.74, 6) is 0.136. The third-order valence-electron chi connectivity index (χ3n) is 2.54. The van der Waals surface area contributed by atoms with Crippen LogP contribution in [0.1, 0.15) is 15.9 Å². The molecule has 0 N–H and O–H groups in total. The van der Waals surface area contributed by atoms with Gasteiger partial charge in [0.15, 0.2) is 5.78 Å². The first-order chi connectivity index (χ1) is 8.25. The van der Waals surface area contributed by atoms with Gasteiger partial charge in [-0.15, -0.1) is 0 Å². The Morgan fingerprint density at radius 3 is 2.65 bits per heavy atom. The zero-order valence-electron chi connectivity index (χ0n) is 9.80. The predicted octanol–water partition coefficient (Wildman–Crippen LogP) is 2.59. The van der Waals surface area contributed by atoms with E-state index in [4.69, 9.17) is 4.42 Å². The Morgan fingerprint density at radius 1 is 1.24 bits per heavy atom. The molecule has 0 spiro atoms. The Hall–Kier alpha value is -1.87. The highest BCUT2D eigenvalue weighted by Gasteiger charge is 2.09. The van der Waals surface area contributed by atoms with Gasteiger partial charge < -0.3 is 4.42 Å². The second-order valence-corrected chi connectivity index (χ2v) is 4.09. The van der Waals surface area contributed by atoms with Crippen molar-refractivity contribution in [1.82, 2.24) is 4.90 Å². The van der Waals surface area contributed by atoms with Crippen LogP contribution in [-0.2, 0) is 6.54 Å². The van der Waals surface area contributed by atoms with Crippen LogP contribution in [0.15, 0.2) is 53.3 Å². The summed E-state index contributed by atoms with van der Waals surface area (Å²) in [4.78, 5) is 13.9. The lowest BCUT2D eigenvalue weighted by atomic mass is 10.1. The van der Waals surface area contributed by atoms with Crippen molar-refractivity contribution in [1.29, 1.82) is 0 Å². The fourth-order valence-corrected chi connectivity index (χ4v) is 1.71. The third kappa shape index (κ3) is 3.29. The summed E-state index contributed by atoms with van der Waals surface area (Å²) in [6.45, 7) is 1.13.